The van der Waals surface area contributed by atoms with E-state index in [1.165, 1.54) is 5.82 Å². The molecule has 2 N–H and O–H groups in total. The first-order valence-corrected chi connectivity index (χ1v) is 11.2. The Morgan fingerprint density at radius 1 is 1.10 bits per heavy atom. The number of carbonyl (C=O) groups excluding carboxylic acids is 1. The number of benzene rings is 2. The summed E-state index contributed by atoms with van der Waals surface area (Å²) in [5, 5.41) is 0. The van der Waals surface area contributed by atoms with E-state index >= 15 is 0 Å². The second-order valence-electron chi connectivity index (χ2n) is 8.54. The first kappa shape index (κ1) is 21.1. The summed E-state index contributed by atoms with van der Waals surface area (Å²) in [6.45, 7) is 5.10. The number of nitrogens with two attached hydrogens (primary N) is 1. The van der Waals surface area contributed by atoms with Crippen LogP contribution in [0.15, 0.2) is 85.2 Å². The molecule has 1 amide bonds. The number of hydrogen-bond acceptors (Lipinski definition) is 1. The molecule has 31 heavy (non-hydrogen) atoms. The quantitative estimate of drug-likeness (QED) is 0.450. The topological polar surface area (TPSA) is 51.9 Å². The van der Waals surface area contributed by atoms with Gasteiger partial charge in [-0.1, -0.05) is 66.7 Å². The van der Waals surface area contributed by atoms with Crippen LogP contribution in [0.1, 0.15) is 49.2 Å². The molecular formula is C27H32N3O+. The van der Waals surface area contributed by atoms with Crippen LogP contribution in [-0.2, 0) is 16.8 Å². The lowest BCUT2D eigenvalue weighted by Crippen LogP contribution is -2.47. The van der Waals surface area contributed by atoms with E-state index in [2.05, 4.69) is 64.9 Å². The monoisotopic (exact) mass is 414 g/mol. The van der Waals surface area contributed by atoms with Crippen LogP contribution in [0.2, 0.25) is 0 Å². The molecule has 160 valence electrons. The van der Waals surface area contributed by atoms with Crippen LogP contribution in [0, 0.1) is 12.8 Å². The molecule has 4 rings (SSSR count). The van der Waals surface area contributed by atoms with Gasteiger partial charge >= 0.3 is 0 Å². The van der Waals surface area contributed by atoms with E-state index in [0.29, 0.717) is 6.04 Å². The largest absolute Gasteiger partial charge is 0.369 e. The number of carbonyl (C=O) groups is 1. The number of amides is 1. The van der Waals surface area contributed by atoms with Crippen LogP contribution in [0.25, 0.3) is 0 Å². The van der Waals surface area contributed by atoms with E-state index in [0.717, 1.165) is 36.9 Å². The average molecular weight is 415 g/mol. The summed E-state index contributed by atoms with van der Waals surface area (Å²) < 4.78 is 4.65. The van der Waals surface area contributed by atoms with Crippen molar-refractivity contribution in [2.75, 3.05) is 0 Å². The lowest BCUT2D eigenvalue weighted by molar-refractivity contribution is -0.692. The normalized spacial score (nSPS) is 19.2. The van der Waals surface area contributed by atoms with Gasteiger partial charge in [-0.15, -0.1) is 0 Å². The Balaban J connectivity index is 1.73. The maximum absolute atomic E-state index is 13.2. The first-order valence-electron chi connectivity index (χ1n) is 11.2. The highest BCUT2D eigenvalue weighted by Crippen LogP contribution is 2.49. The van der Waals surface area contributed by atoms with Crippen LogP contribution in [-0.4, -0.2) is 10.5 Å². The van der Waals surface area contributed by atoms with Gasteiger partial charge in [0.1, 0.15) is 30.4 Å². The van der Waals surface area contributed by atoms with Gasteiger partial charge in [-0.2, -0.15) is 0 Å². The van der Waals surface area contributed by atoms with Crippen molar-refractivity contribution >= 4 is 5.91 Å². The van der Waals surface area contributed by atoms with Gasteiger partial charge < -0.3 is 5.73 Å². The van der Waals surface area contributed by atoms with Crippen LogP contribution in [0.4, 0.5) is 0 Å². The van der Waals surface area contributed by atoms with Gasteiger partial charge in [0.25, 0.3) is 5.82 Å². The third-order valence-corrected chi connectivity index (χ3v) is 6.99. The molecule has 1 aromatic heterocycles. The van der Waals surface area contributed by atoms with E-state index in [-0.39, 0.29) is 11.8 Å². The number of rotatable bonds is 7. The number of aromatic nitrogens is 2. The molecule has 0 spiro atoms. The third-order valence-electron chi connectivity index (χ3n) is 6.99. The van der Waals surface area contributed by atoms with Gasteiger partial charge in [-0.25, -0.2) is 9.13 Å². The predicted molar refractivity (Wildman–Crippen MR) is 123 cm³/mol. The highest BCUT2D eigenvalue weighted by atomic mass is 16.1. The highest BCUT2D eigenvalue weighted by Gasteiger charge is 2.51. The van der Waals surface area contributed by atoms with Crippen LogP contribution < -0.4 is 10.3 Å². The minimum absolute atomic E-state index is 0.144. The maximum atomic E-state index is 13.2. The van der Waals surface area contributed by atoms with Crippen molar-refractivity contribution in [1.29, 1.82) is 0 Å². The Labute approximate surface area is 185 Å². The first-order chi connectivity index (χ1) is 15.1. The van der Waals surface area contributed by atoms with E-state index in [4.69, 9.17) is 5.73 Å². The zero-order valence-electron chi connectivity index (χ0n) is 18.4. The minimum Gasteiger partial charge on any atom is -0.369 e. The molecule has 1 aliphatic rings. The van der Waals surface area contributed by atoms with Gasteiger partial charge in [0.2, 0.25) is 5.91 Å². The molecule has 2 atom stereocenters. The van der Waals surface area contributed by atoms with Crippen LogP contribution >= 0.6 is 0 Å². The summed E-state index contributed by atoms with van der Waals surface area (Å²) >= 11 is 0. The number of imidazole rings is 1. The van der Waals surface area contributed by atoms with Crippen molar-refractivity contribution in [1.82, 2.24) is 4.57 Å². The summed E-state index contributed by atoms with van der Waals surface area (Å²) in [5.41, 5.74) is 7.40. The summed E-state index contributed by atoms with van der Waals surface area (Å²) in [6, 6.07) is 20.6. The zero-order chi connectivity index (χ0) is 21.8. The molecule has 1 aliphatic carbocycles. The Bertz CT molecular complexity index is 1010. The van der Waals surface area contributed by atoms with Crippen molar-refractivity contribution in [3.8, 4) is 0 Å². The van der Waals surface area contributed by atoms with Gasteiger partial charge in [0, 0.05) is 6.92 Å². The van der Waals surface area contributed by atoms with E-state index < -0.39 is 5.41 Å². The molecule has 0 saturated heterocycles. The van der Waals surface area contributed by atoms with E-state index in [9.17, 15) is 4.79 Å². The highest BCUT2D eigenvalue weighted by molar-refractivity contribution is 5.91. The second-order valence-corrected chi connectivity index (χ2v) is 8.54. The molecule has 3 aromatic rings. The van der Waals surface area contributed by atoms with Gasteiger partial charge in [0.05, 0.1) is 0 Å². The molecule has 1 heterocycles. The number of nitrogens with zero attached hydrogens (tertiary/aromatic N) is 2. The summed E-state index contributed by atoms with van der Waals surface area (Å²) in [7, 11) is 0. The van der Waals surface area contributed by atoms with Crippen molar-refractivity contribution < 1.29 is 9.36 Å². The average Bonchev–Trinajstić information content (AvgIpc) is 3.41. The third kappa shape index (κ3) is 3.71. The Hall–Kier alpha value is -3.14. The Morgan fingerprint density at radius 2 is 1.71 bits per heavy atom. The molecule has 4 heteroatoms. The van der Waals surface area contributed by atoms with E-state index in [1.807, 2.05) is 43.3 Å². The fraction of sp³-hybridized carbons (Fsp3) is 0.333. The zero-order valence-corrected chi connectivity index (χ0v) is 18.4. The van der Waals surface area contributed by atoms with Gasteiger partial charge in [-0.3, -0.25) is 4.79 Å². The molecule has 1 fully saturated rings. The Morgan fingerprint density at radius 3 is 2.26 bits per heavy atom. The molecule has 1 saturated carbocycles. The van der Waals surface area contributed by atoms with Crippen LogP contribution in [0.5, 0.6) is 0 Å². The molecule has 0 radical (unpaired) electrons. The SMILES string of the molecule is CC=CC[n+]1ccn(C2CCC(C(C(N)=O)(c3ccccc3)c3ccccc3)C2)c1C. The molecular weight excluding hydrogens is 382 g/mol. The van der Waals surface area contributed by atoms with Gasteiger partial charge in [0.15, 0.2) is 0 Å². The molecule has 4 nitrogen and oxygen atoms in total. The standard InChI is InChI=1S/C27H31N3O/c1-3-4-17-29-18-19-30(21(29)2)25-16-15-24(20-25)27(26(28)31,22-11-7-5-8-12-22)23-13-9-6-10-14-23/h3-14,18-19,24-25H,15-17,20H2,1-2H3,(H-,28,31)/p+1. The fourth-order valence-corrected chi connectivity index (χ4v) is 5.44. The van der Waals surface area contributed by atoms with Crippen molar-refractivity contribution in [2.45, 2.75) is 51.1 Å². The smallest absolute Gasteiger partial charge is 0.253 e. The van der Waals surface area contributed by atoms with Crippen LogP contribution in [0.3, 0.4) is 0 Å². The lowest BCUT2D eigenvalue weighted by atomic mass is 9.64. The molecule has 2 unspecified atom stereocenters. The molecule has 2 aromatic carbocycles. The second kappa shape index (κ2) is 8.93. The maximum Gasteiger partial charge on any atom is 0.253 e. The summed E-state index contributed by atoms with van der Waals surface area (Å²) in [5.74, 6) is 1.13. The number of allylic oxidation sites excluding steroid dienone is 2. The van der Waals surface area contributed by atoms with Gasteiger partial charge in [-0.05, 0) is 49.3 Å². The van der Waals surface area contributed by atoms with Crippen molar-refractivity contribution in [2.24, 2.45) is 11.7 Å². The number of primary amides is 1. The summed E-state index contributed by atoms with van der Waals surface area (Å²) in [4.78, 5) is 13.2. The van der Waals surface area contributed by atoms with Crippen molar-refractivity contribution in [3.63, 3.8) is 0 Å². The fourth-order valence-electron chi connectivity index (χ4n) is 5.44. The van der Waals surface area contributed by atoms with E-state index in [1.54, 1.807) is 0 Å². The molecule has 0 aliphatic heterocycles. The molecule has 0 bridgehead atoms. The Kier molecular flexibility index (Phi) is 6.08. The lowest BCUT2D eigenvalue weighted by Gasteiger charge is -2.37. The predicted octanol–water partition coefficient (Wildman–Crippen LogP) is 4.47. The van der Waals surface area contributed by atoms with Crippen molar-refractivity contribution in [3.05, 3.63) is 102 Å². The number of hydrogen-bond donors (Lipinski definition) is 1. The summed E-state index contributed by atoms with van der Waals surface area (Å²) in [6.07, 6.45) is 11.5. The minimum atomic E-state index is -0.820.